The lowest BCUT2D eigenvalue weighted by Crippen LogP contribution is -2.30. The highest BCUT2D eigenvalue weighted by Crippen LogP contribution is 2.40. The summed E-state index contributed by atoms with van der Waals surface area (Å²) in [7, 11) is -4.13. The highest BCUT2D eigenvalue weighted by atomic mass is 32.2. The molecule has 2 aromatic carbocycles. The molecule has 0 saturated carbocycles. The molecule has 1 aromatic heterocycles. The number of nitrogens with zero attached hydrogens (tertiary/aromatic N) is 2. The maximum atomic E-state index is 13.2. The molecule has 30 heavy (non-hydrogen) atoms. The minimum atomic E-state index is -4.13. The van der Waals surface area contributed by atoms with E-state index in [2.05, 4.69) is 5.10 Å². The minimum Gasteiger partial charge on any atom is -0.449 e. The van der Waals surface area contributed by atoms with Crippen LogP contribution in [0, 0.1) is 5.92 Å². The number of fused-ring (bicyclic) bond motifs is 1. The van der Waals surface area contributed by atoms with Crippen molar-refractivity contribution in [3.63, 3.8) is 0 Å². The Hall–Kier alpha value is -2.93. The molecule has 1 aliphatic rings. The Kier molecular flexibility index (Phi) is 5.99. The summed E-state index contributed by atoms with van der Waals surface area (Å²) in [4.78, 5) is 12.6. The Labute approximate surface area is 176 Å². The third-order valence-electron chi connectivity index (χ3n) is 5.59. The van der Waals surface area contributed by atoms with Crippen LogP contribution in [0.25, 0.3) is 0 Å². The zero-order valence-corrected chi connectivity index (χ0v) is 17.4. The van der Waals surface area contributed by atoms with Crippen LogP contribution in [0.1, 0.15) is 34.8 Å². The van der Waals surface area contributed by atoms with E-state index in [-0.39, 0.29) is 12.5 Å². The van der Waals surface area contributed by atoms with Gasteiger partial charge in [0.05, 0.1) is 5.25 Å². The van der Waals surface area contributed by atoms with Gasteiger partial charge in [0.1, 0.15) is 6.61 Å². The number of aromatic nitrogens is 2. The van der Waals surface area contributed by atoms with E-state index in [1.54, 1.807) is 18.3 Å². The van der Waals surface area contributed by atoms with Crippen molar-refractivity contribution in [1.82, 2.24) is 9.78 Å². The molecule has 0 spiro atoms. The van der Waals surface area contributed by atoms with Crippen molar-refractivity contribution in [3.8, 4) is 0 Å². The summed E-state index contributed by atoms with van der Waals surface area (Å²) < 4.78 is 33.3. The maximum absolute atomic E-state index is 13.2. The average Bonchev–Trinajstić information content (AvgIpc) is 3.30. The zero-order valence-electron chi connectivity index (χ0n) is 16.6. The summed E-state index contributed by atoms with van der Waals surface area (Å²) in [5.41, 5.74) is 2.45. The van der Waals surface area contributed by atoms with Gasteiger partial charge >= 0.3 is 5.30 Å². The van der Waals surface area contributed by atoms with Crippen molar-refractivity contribution < 1.29 is 17.9 Å². The van der Waals surface area contributed by atoms with Gasteiger partial charge in [0, 0.05) is 18.9 Å². The highest BCUT2D eigenvalue weighted by molar-refractivity contribution is 8.05. The Morgan fingerprint density at radius 2 is 1.83 bits per heavy atom. The minimum absolute atomic E-state index is 0.0595. The molecule has 0 aliphatic heterocycles. The molecule has 3 aromatic rings. The van der Waals surface area contributed by atoms with Gasteiger partial charge in [-0.2, -0.15) is 5.10 Å². The summed E-state index contributed by atoms with van der Waals surface area (Å²) in [5, 5.41) is 2.18. The van der Waals surface area contributed by atoms with Crippen LogP contribution >= 0.6 is 0 Å². The smallest absolute Gasteiger partial charge is 0.425 e. The van der Waals surface area contributed by atoms with E-state index in [1.165, 1.54) is 0 Å². The van der Waals surface area contributed by atoms with Crippen LogP contribution in [0.4, 0.5) is 4.79 Å². The number of sulfone groups is 1. The summed E-state index contributed by atoms with van der Waals surface area (Å²) in [6, 6.07) is 18.4. The first kappa shape index (κ1) is 20.3. The van der Waals surface area contributed by atoms with E-state index in [0.29, 0.717) is 18.5 Å². The topological polar surface area (TPSA) is 78.3 Å². The van der Waals surface area contributed by atoms with Crippen LogP contribution in [-0.4, -0.2) is 23.5 Å². The van der Waals surface area contributed by atoms with E-state index in [1.807, 2.05) is 59.4 Å². The van der Waals surface area contributed by atoms with Gasteiger partial charge in [0.15, 0.2) is 0 Å². The first-order valence-electron chi connectivity index (χ1n) is 10.0. The highest BCUT2D eigenvalue weighted by Gasteiger charge is 2.40. The Morgan fingerprint density at radius 3 is 2.60 bits per heavy atom. The van der Waals surface area contributed by atoms with Gasteiger partial charge in [-0.15, -0.1) is 0 Å². The molecular weight excluding hydrogens is 400 g/mol. The lowest BCUT2D eigenvalue weighted by molar-refractivity contribution is 0.165. The largest absolute Gasteiger partial charge is 0.449 e. The van der Waals surface area contributed by atoms with E-state index in [0.717, 1.165) is 24.0 Å². The van der Waals surface area contributed by atoms with E-state index < -0.39 is 20.4 Å². The number of carbonyl (C=O) groups is 1. The van der Waals surface area contributed by atoms with Crippen LogP contribution in [0.15, 0.2) is 73.1 Å². The lowest BCUT2D eigenvalue weighted by Gasteiger charge is -2.30. The number of rotatable bonds is 6. The number of hydrogen-bond acceptors (Lipinski definition) is 5. The van der Waals surface area contributed by atoms with Crippen LogP contribution in [0.5, 0.6) is 0 Å². The van der Waals surface area contributed by atoms with E-state index >= 15 is 0 Å². The predicted octanol–water partition coefficient (Wildman–Crippen LogP) is 4.33. The number of benzene rings is 2. The fraction of sp³-hybridized carbons (Fsp3) is 0.304. The number of carbonyl (C=O) groups excluding carboxylic acids is 1. The molecule has 4 rings (SSSR count). The van der Waals surface area contributed by atoms with E-state index in [9.17, 15) is 13.2 Å². The van der Waals surface area contributed by atoms with E-state index in [4.69, 9.17) is 4.74 Å². The summed E-state index contributed by atoms with van der Waals surface area (Å²) in [6.07, 6.45) is 5.61. The van der Waals surface area contributed by atoms with Crippen molar-refractivity contribution in [2.24, 2.45) is 5.92 Å². The Morgan fingerprint density at radius 1 is 1.07 bits per heavy atom. The predicted molar refractivity (Wildman–Crippen MR) is 113 cm³/mol. The van der Waals surface area contributed by atoms with Crippen molar-refractivity contribution in [2.75, 3.05) is 0 Å². The first-order chi connectivity index (χ1) is 14.5. The Balaban J connectivity index is 1.51. The maximum Gasteiger partial charge on any atom is 0.425 e. The van der Waals surface area contributed by atoms with Crippen molar-refractivity contribution in [3.05, 3.63) is 89.7 Å². The van der Waals surface area contributed by atoms with Crippen LogP contribution in [0.3, 0.4) is 0 Å². The lowest BCUT2D eigenvalue weighted by atomic mass is 9.82. The van der Waals surface area contributed by atoms with Crippen molar-refractivity contribution in [1.29, 1.82) is 0 Å². The Bertz CT molecular complexity index is 1100. The normalized spacial score (nSPS) is 18.5. The quantitative estimate of drug-likeness (QED) is 0.551. The summed E-state index contributed by atoms with van der Waals surface area (Å²) in [6.45, 7) is 0.654. The number of aryl methyl sites for hydroxylation is 1. The molecule has 0 fully saturated rings. The SMILES string of the molecule is O=C(OCc1ccccc1)S(=O)(=O)C1C[C@H](CCn2cccn2)Cc2ccccc21. The van der Waals surface area contributed by atoms with Gasteiger partial charge in [0.2, 0.25) is 0 Å². The summed E-state index contributed by atoms with van der Waals surface area (Å²) in [5.74, 6) is 0.144. The fourth-order valence-corrected chi connectivity index (χ4v) is 5.58. The number of hydrogen-bond donors (Lipinski definition) is 0. The molecule has 1 aliphatic carbocycles. The first-order valence-corrected chi connectivity index (χ1v) is 11.6. The van der Waals surface area contributed by atoms with Crippen molar-refractivity contribution >= 4 is 15.1 Å². The number of ether oxygens (including phenoxy) is 1. The molecule has 0 radical (unpaired) electrons. The van der Waals surface area contributed by atoms with Gasteiger partial charge in [-0.05, 0) is 47.9 Å². The second-order valence-corrected chi connectivity index (χ2v) is 9.61. The third-order valence-corrected chi connectivity index (χ3v) is 7.37. The fourth-order valence-electron chi connectivity index (χ4n) is 4.03. The third kappa shape index (κ3) is 4.46. The molecule has 6 nitrogen and oxygen atoms in total. The van der Waals surface area contributed by atoms with Gasteiger partial charge in [-0.25, -0.2) is 13.2 Å². The average molecular weight is 425 g/mol. The van der Waals surface area contributed by atoms with Crippen molar-refractivity contribution in [2.45, 2.75) is 37.7 Å². The molecular formula is C23H24N2O4S. The van der Waals surface area contributed by atoms with Gasteiger partial charge in [-0.1, -0.05) is 54.6 Å². The van der Waals surface area contributed by atoms with Gasteiger partial charge < -0.3 is 4.74 Å². The molecule has 156 valence electrons. The molecule has 0 N–H and O–H groups in total. The zero-order chi connectivity index (χ0) is 21.0. The standard InChI is InChI=1S/C23H24N2O4S/c26-23(29-17-18-7-2-1-3-8-18)30(27,28)22-16-19(11-14-25-13-6-12-24-25)15-20-9-4-5-10-21(20)22/h1-10,12-13,19,22H,11,14-17H2/t19-,22?/m1/s1. The van der Waals surface area contributed by atoms with Crippen LogP contribution in [0.2, 0.25) is 0 Å². The summed E-state index contributed by atoms with van der Waals surface area (Å²) >= 11 is 0. The van der Waals surface area contributed by atoms with Gasteiger partial charge in [-0.3, -0.25) is 4.68 Å². The molecule has 2 atom stereocenters. The second-order valence-electron chi connectivity index (χ2n) is 7.62. The van der Waals surface area contributed by atoms with Crippen LogP contribution in [-0.2, 0) is 34.1 Å². The molecule has 7 heteroatoms. The molecule has 0 bridgehead atoms. The molecule has 1 unspecified atom stereocenters. The monoisotopic (exact) mass is 424 g/mol. The molecule has 1 heterocycles. The molecule has 0 amide bonds. The molecule has 0 saturated heterocycles. The van der Waals surface area contributed by atoms with Gasteiger partial charge in [0.25, 0.3) is 9.84 Å². The van der Waals surface area contributed by atoms with Crippen LogP contribution < -0.4 is 0 Å². The second kappa shape index (κ2) is 8.83.